The molecule has 46 heavy (non-hydrogen) atoms. The zero-order chi connectivity index (χ0) is 32.2. The molecule has 1 aromatic carbocycles. The summed E-state index contributed by atoms with van der Waals surface area (Å²) in [5.74, 6) is 4.26. The maximum absolute atomic E-state index is 14.0. The van der Waals surface area contributed by atoms with Gasteiger partial charge in [0.25, 0.3) is 0 Å². The molecule has 2 aromatic heterocycles. The highest BCUT2D eigenvalue weighted by Crippen LogP contribution is 2.47. The Hall–Kier alpha value is -2.73. The van der Waals surface area contributed by atoms with E-state index >= 15 is 0 Å². The number of anilines is 1. The average Bonchev–Trinajstić information content (AvgIpc) is 3.51. The highest BCUT2D eigenvalue weighted by Gasteiger charge is 2.51. The van der Waals surface area contributed by atoms with Gasteiger partial charge in [0.05, 0.1) is 81.1 Å². The molecule has 1 spiro atoms. The van der Waals surface area contributed by atoms with Gasteiger partial charge in [-0.3, -0.25) is 9.78 Å². The summed E-state index contributed by atoms with van der Waals surface area (Å²) in [6.07, 6.45) is 10.9. The van der Waals surface area contributed by atoms with Crippen molar-refractivity contribution in [3.8, 4) is 12.3 Å². The number of piperidine rings is 1. The van der Waals surface area contributed by atoms with Crippen molar-refractivity contribution in [3.05, 3.63) is 53.1 Å². The van der Waals surface area contributed by atoms with Crippen LogP contribution in [0.5, 0.6) is 0 Å². The summed E-state index contributed by atoms with van der Waals surface area (Å²) in [6, 6.07) is 7.64. The summed E-state index contributed by atoms with van der Waals surface area (Å²) >= 11 is 5.28. The number of amides is 1. The van der Waals surface area contributed by atoms with Gasteiger partial charge >= 0.3 is 0 Å². The largest absolute Gasteiger partial charge is 0.616 e. The molecule has 0 radical (unpaired) electrons. The van der Waals surface area contributed by atoms with Crippen LogP contribution in [0.1, 0.15) is 30.7 Å². The molecule has 0 aliphatic carbocycles. The first-order valence-electron chi connectivity index (χ1n) is 15.7. The molecular formula is C33H42ClN5O6S. The van der Waals surface area contributed by atoms with Gasteiger partial charge < -0.3 is 38.3 Å². The lowest BCUT2D eigenvalue weighted by molar-refractivity contribution is -0.124. The molecule has 5 rings (SSSR count). The number of benzene rings is 1. The number of aromatic nitrogens is 3. The molecule has 11 nitrogen and oxygen atoms in total. The Kier molecular flexibility index (Phi) is 13.1. The van der Waals surface area contributed by atoms with E-state index in [0.29, 0.717) is 82.3 Å². The molecule has 1 amide bonds. The van der Waals surface area contributed by atoms with E-state index in [-0.39, 0.29) is 12.5 Å². The fraction of sp³-hybridized carbons (Fsp3) is 0.545. The lowest BCUT2D eigenvalue weighted by Gasteiger charge is -2.33. The second-order valence-electron chi connectivity index (χ2n) is 11.2. The van der Waals surface area contributed by atoms with Crippen molar-refractivity contribution >= 4 is 45.4 Å². The Labute approximate surface area is 278 Å². The molecule has 3 aromatic rings. The van der Waals surface area contributed by atoms with E-state index in [0.717, 1.165) is 54.0 Å². The number of fused-ring (bicyclic) bond motifs is 3. The standard InChI is InChI=1S/C33H42ClN5O6S/c1-2-13-42-14-15-43-16-17-44-18-19-45-20-22-46(41)21-3-12-38-29-5-4-26(34)23-28(29)37-31(38)25-39-30-24-36-9-6-27(30)33(32(39)40)7-10-35-11-8-33/h1,4-6,9,23-24,35H,3,7-8,10-22,25H2. The topological polar surface area (TPSA) is 123 Å². The SMILES string of the molecule is C#CCOCCOCCOCCOCC[S+]([O-])CCCn1c(CN2C(=O)C3(CCNCC3)c3ccncc32)nc2cc(Cl)ccc21. The van der Waals surface area contributed by atoms with E-state index in [2.05, 4.69) is 20.8 Å². The van der Waals surface area contributed by atoms with E-state index < -0.39 is 16.6 Å². The quantitative estimate of drug-likeness (QED) is 0.116. The maximum atomic E-state index is 14.0. The number of hydrogen-bond donors (Lipinski definition) is 1. The fourth-order valence-corrected chi connectivity index (χ4v) is 7.20. The number of nitrogens with one attached hydrogen (secondary N) is 1. The molecule has 13 heteroatoms. The van der Waals surface area contributed by atoms with Gasteiger partial charge in [0.2, 0.25) is 5.91 Å². The molecule has 1 unspecified atom stereocenters. The number of rotatable bonds is 19. The van der Waals surface area contributed by atoms with Gasteiger partial charge in [-0.2, -0.15) is 0 Å². The van der Waals surface area contributed by atoms with Crippen LogP contribution in [-0.2, 0) is 53.4 Å². The lowest BCUT2D eigenvalue weighted by Crippen LogP contribution is -2.47. The molecule has 0 saturated carbocycles. The van der Waals surface area contributed by atoms with Crippen molar-refractivity contribution in [2.45, 2.75) is 37.8 Å². The van der Waals surface area contributed by atoms with E-state index in [4.69, 9.17) is 42.0 Å². The minimum atomic E-state index is -1.03. The predicted molar refractivity (Wildman–Crippen MR) is 179 cm³/mol. The highest BCUT2D eigenvalue weighted by atomic mass is 35.5. The second-order valence-corrected chi connectivity index (χ2v) is 13.4. The molecule has 1 N–H and O–H groups in total. The van der Waals surface area contributed by atoms with E-state index in [1.165, 1.54) is 0 Å². The Morgan fingerprint density at radius 1 is 1.02 bits per heavy atom. The fourth-order valence-electron chi connectivity index (χ4n) is 6.08. The number of carbonyl (C=O) groups is 1. The molecule has 1 fully saturated rings. The van der Waals surface area contributed by atoms with Crippen molar-refractivity contribution in [2.75, 3.05) is 82.4 Å². The summed E-state index contributed by atoms with van der Waals surface area (Å²) in [5.41, 5.74) is 3.09. The first-order chi connectivity index (χ1) is 22.5. The van der Waals surface area contributed by atoms with Gasteiger partial charge in [-0.1, -0.05) is 28.7 Å². The second kappa shape index (κ2) is 17.4. The molecule has 0 bridgehead atoms. The molecule has 2 aliphatic heterocycles. The summed E-state index contributed by atoms with van der Waals surface area (Å²) < 4.78 is 36.5. The molecule has 2 aliphatic rings. The maximum Gasteiger partial charge on any atom is 0.238 e. The minimum Gasteiger partial charge on any atom is -0.616 e. The van der Waals surface area contributed by atoms with Gasteiger partial charge in [-0.25, -0.2) is 4.98 Å². The number of carbonyl (C=O) groups excluding carboxylic acids is 1. The van der Waals surface area contributed by atoms with Crippen molar-refractivity contribution in [1.82, 2.24) is 19.9 Å². The predicted octanol–water partition coefficient (Wildman–Crippen LogP) is 3.09. The zero-order valence-corrected chi connectivity index (χ0v) is 27.7. The number of terminal acetylenes is 1. The molecule has 1 saturated heterocycles. The van der Waals surface area contributed by atoms with Crippen LogP contribution in [0, 0.1) is 12.3 Å². The normalized spacial score (nSPS) is 16.3. The number of pyridine rings is 1. The monoisotopic (exact) mass is 671 g/mol. The van der Waals surface area contributed by atoms with Crippen LogP contribution >= 0.6 is 11.6 Å². The van der Waals surface area contributed by atoms with Crippen molar-refractivity contribution in [2.24, 2.45) is 0 Å². The third-order valence-corrected chi connectivity index (χ3v) is 9.92. The van der Waals surface area contributed by atoms with Gasteiger partial charge in [0.15, 0.2) is 0 Å². The highest BCUT2D eigenvalue weighted by molar-refractivity contribution is 7.91. The van der Waals surface area contributed by atoms with Crippen LogP contribution in [0.25, 0.3) is 11.0 Å². The van der Waals surface area contributed by atoms with Crippen molar-refractivity contribution in [3.63, 3.8) is 0 Å². The van der Waals surface area contributed by atoms with Crippen molar-refractivity contribution in [1.29, 1.82) is 0 Å². The molecule has 4 heterocycles. The average molecular weight is 672 g/mol. The zero-order valence-electron chi connectivity index (χ0n) is 26.1. The summed E-state index contributed by atoms with van der Waals surface area (Å²) in [4.78, 5) is 25.1. The third-order valence-electron chi connectivity index (χ3n) is 8.32. The number of nitrogens with zero attached hydrogens (tertiary/aromatic N) is 4. The smallest absolute Gasteiger partial charge is 0.238 e. The molecular weight excluding hydrogens is 630 g/mol. The van der Waals surface area contributed by atoms with Crippen LogP contribution in [0.2, 0.25) is 5.02 Å². The van der Waals surface area contributed by atoms with Crippen LogP contribution < -0.4 is 10.2 Å². The third kappa shape index (κ3) is 8.59. The van der Waals surface area contributed by atoms with Gasteiger partial charge in [-0.05, 0) is 55.8 Å². The first-order valence-corrected chi connectivity index (χ1v) is 17.6. The van der Waals surface area contributed by atoms with Gasteiger partial charge in [-0.15, -0.1) is 6.42 Å². The molecule has 248 valence electrons. The summed E-state index contributed by atoms with van der Waals surface area (Å²) in [7, 11) is 0. The van der Waals surface area contributed by atoms with Crippen LogP contribution in [0.4, 0.5) is 5.69 Å². The van der Waals surface area contributed by atoms with E-state index in [1.807, 2.05) is 29.2 Å². The number of hydrogen-bond acceptors (Lipinski definition) is 9. The van der Waals surface area contributed by atoms with Gasteiger partial charge in [0, 0.05) is 24.2 Å². The summed E-state index contributed by atoms with van der Waals surface area (Å²) in [6.45, 7) is 5.99. The molecule has 1 atom stereocenters. The lowest BCUT2D eigenvalue weighted by atomic mass is 9.74. The summed E-state index contributed by atoms with van der Waals surface area (Å²) in [5, 5.41) is 3.99. The number of imidazole rings is 1. The number of ether oxygens (including phenoxy) is 4. The Balaban J connectivity index is 1.10. The Morgan fingerprint density at radius 2 is 1.74 bits per heavy atom. The van der Waals surface area contributed by atoms with E-state index in [9.17, 15) is 9.35 Å². The van der Waals surface area contributed by atoms with Crippen molar-refractivity contribution < 1.29 is 28.3 Å². The minimum absolute atomic E-state index is 0.107. The van der Waals surface area contributed by atoms with Gasteiger partial charge in [0.1, 0.15) is 23.9 Å². The first kappa shape index (κ1) is 34.6. The Bertz CT molecular complexity index is 1480. The number of aryl methyl sites for hydroxylation is 1. The number of halogens is 1. The van der Waals surface area contributed by atoms with E-state index in [1.54, 1.807) is 12.4 Å². The van der Waals surface area contributed by atoms with Crippen LogP contribution in [0.3, 0.4) is 0 Å². The Morgan fingerprint density at radius 3 is 2.48 bits per heavy atom. The van der Waals surface area contributed by atoms with Crippen LogP contribution in [-0.4, -0.2) is 102 Å². The van der Waals surface area contributed by atoms with Crippen LogP contribution in [0.15, 0.2) is 36.7 Å².